The van der Waals surface area contributed by atoms with Gasteiger partial charge in [-0.25, -0.2) is 4.98 Å². The number of nitrogens with zero attached hydrogens (tertiary/aromatic N) is 3. The number of fused-ring (bicyclic) bond motifs is 1. The number of nitriles is 1. The molecule has 1 fully saturated rings. The number of amides is 1. The molecule has 1 aromatic carbocycles. The van der Waals surface area contributed by atoms with Gasteiger partial charge in [0.15, 0.2) is 0 Å². The monoisotopic (exact) mass is 508 g/mol. The molecule has 1 aliphatic rings. The zero-order chi connectivity index (χ0) is 25.8. The van der Waals surface area contributed by atoms with Crippen LogP contribution in [0.2, 0.25) is 5.15 Å². The molecule has 10 heteroatoms. The van der Waals surface area contributed by atoms with Crippen LogP contribution in [0.15, 0.2) is 41.3 Å². The smallest absolute Gasteiger partial charge is 0.252 e. The van der Waals surface area contributed by atoms with Gasteiger partial charge >= 0.3 is 0 Å². The zero-order valence-corrected chi connectivity index (χ0v) is 21.2. The molecule has 0 radical (unpaired) electrons. The number of pyridine rings is 2. The number of hydrogen-bond donors (Lipinski definition) is 3. The van der Waals surface area contributed by atoms with Crippen molar-refractivity contribution in [2.45, 2.75) is 50.8 Å². The summed E-state index contributed by atoms with van der Waals surface area (Å²) >= 11 is 6.06. The van der Waals surface area contributed by atoms with Crippen LogP contribution in [0, 0.1) is 11.3 Å². The normalized spacial score (nSPS) is 18.3. The van der Waals surface area contributed by atoms with Crippen molar-refractivity contribution in [1.82, 2.24) is 14.9 Å². The van der Waals surface area contributed by atoms with E-state index in [2.05, 4.69) is 27.0 Å². The first-order valence-corrected chi connectivity index (χ1v) is 12.2. The summed E-state index contributed by atoms with van der Waals surface area (Å²) in [6.07, 6.45) is 5.39. The second kappa shape index (κ2) is 11.0. The Morgan fingerprint density at radius 1 is 1.22 bits per heavy atom. The SMILES string of the molecule is COC1CCC(NC(=O)[C@@H](C)Nc2cc(=O)n(C)c3ccc(Nc4ccnc(Cl)c4C#N)cc23)CC1. The van der Waals surface area contributed by atoms with E-state index in [9.17, 15) is 14.9 Å². The fourth-order valence-corrected chi connectivity index (χ4v) is 4.73. The number of aryl methyl sites for hydroxylation is 1. The number of nitrogens with one attached hydrogen (secondary N) is 3. The molecule has 188 valence electrons. The van der Waals surface area contributed by atoms with E-state index in [1.807, 2.05) is 18.2 Å². The van der Waals surface area contributed by atoms with E-state index in [0.29, 0.717) is 22.6 Å². The third-order valence-electron chi connectivity index (χ3n) is 6.66. The largest absolute Gasteiger partial charge is 0.381 e. The minimum atomic E-state index is -0.554. The number of benzene rings is 1. The van der Waals surface area contributed by atoms with Gasteiger partial charge in [-0.3, -0.25) is 9.59 Å². The molecule has 0 unspecified atom stereocenters. The van der Waals surface area contributed by atoms with Gasteiger partial charge in [-0.05, 0) is 56.9 Å². The summed E-state index contributed by atoms with van der Waals surface area (Å²) in [4.78, 5) is 29.5. The number of carbonyl (C=O) groups is 1. The predicted molar refractivity (Wildman–Crippen MR) is 141 cm³/mol. The Morgan fingerprint density at radius 3 is 2.67 bits per heavy atom. The summed E-state index contributed by atoms with van der Waals surface area (Å²) in [7, 11) is 3.42. The fraction of sp³-hybridized carbons (Fsp3) is 0.385. The number of halogens is 1. The number of hydrogen-bond acceptors (Lipinski definition) is 7. The van der Waals surface area contributed by atoms with Gasteiger partial charge in [0.2, 0.25) is 5.91 Å². The van der Waals surface area contributed by atoms with Crippen molar-refractivity contribution in [3.8, 4) is 6.07 Å². The van der Waals surface area contributed by atoms with Gasteiger partial charge in [-0.1, -0.05) is 11.6 Å². The number of rotatable bonds is 7. The lowest BCUT2D eigenvalue weighted by atomic mass is 9.93. The van der Waals surface area contributed by atoms with Crippen molar-refractivity contribution in [3.05, 3.63) is 57.6 Å². The van der Waals surface area contributed by atoms with Crippen LogP contribution < -0.4 is 21.5 Å². The number of anilines is 3. The number of ether oxygens (including phenoxy) is 1. The van der Waals surface area contributed by atoms with Crippen molar-refractivity contribution in [3.63, 3.8) is 0 Å². The molecule has 0 bridgehead atoms. The Morgan fingerprint density at radius 2 is 1.97 bits per heavy atom. The summed E-state index contributed by atoms with van der Waals surface area (Å²) < 4.78 is 6.96. The van der Waals surface area contributed by atoms with E-state index in [4.69, 9.17) is 16.3 Å². The minimum Gasteiger partial charge on any atom is -0.381 e. The highest BCUT2D eigenvalue weighted by Gasteiger charge is 2.24. The zero-order valence-electron chi connectivity index (χ0n) is 20.5. The Hall–Kier alpha value is -3.61. The molecule has 1 atom stereocenters. The summed E-state index contributed by atoms with van der Waals surface area (Å²) in [6.45, 7) is 1.78. The highest BCUT2D eigenvalue weighted by atomic mass is 35.5. The molecule has 0 aliphatic heterocycles. The molecule has 1 aliphatic carbocycles. The van der Waals surface area contributed by atoms with Crippen molar-refractivity contribution in [1.29, 1.82) is 5.26 Å². The van der Waals surface area contributed by atoms with Gasteiger partial charge < -0.3 is 25.3 Å². The highest BCUT2D eigenvalue weighted by molar-refractivity contribution is 6.31. The Labute approximate surface area is 214 Å². The van der Waals surface area contributed by atoms with Gasteiger partial charge in [0.1, 0.15) is 22.8 Å². The first-order valence-electron chi connectivity index (χ1n) is 11.9. The molecule has 1 amide bonds. The van der Waals surface area contributed by atoms with E-state index in [1.165, 1.54) is 12.3 Å². The maximum Gasteiger partial charge on any atom is 0.252 e. The molecule has 36 heavy (non-hydrogen) atoms. The van der Waals surface area contributed by atoms with Crippen LogP contribution in [0.3, 0.4) is 0 Å². The second-order valence-corrected chi connectivity index (χ2v) is 9.39. The van der Waals surface area contributed by atoms with Crippen LogP contribution in [-0.2, 0) is 16.6 Å². The lowest BCUT2D eigenvalue weighted by Gasteiger charge is -2.29. The van der Waals surface area contributed by atoms with Gasteiger partial charge in [0, 0.05) is 49.2 Å². The maximum atomic E-state index is 12.9. The molecule has 1 saturated carbocycles. The van der Waals surface area contributed by atoms with Crippen molar-refractivity contribution < 1.29 is 9.53 Å². The summed E-state index contributed by atoms with van der Waals surface area (Å²) in [5.74, 6) is -0.121. The average molecular weight is 509 g/mol. The van der Waals surface area contributed by atoms with Crippen LogP contribution in [0.25, 0.3) is 10.9 Å². The molecule has 0 spiro atoms. The van der Waals surface area contributed by atoms with Crippen LogP contribution in [-0.4, -0.2) is 40.8 Å². The Balaban J connectivity index is 1.57. The number of aromatic nitrogens is 2. The first-order chi connectivity index (χ1) is 17.3. The second-order valence-electron chi connectivity index (χ2n) is 9.03. The molecular formula is C26H29ClN6O3. The van der Waals surface area contributed by atoms with Gasteiger partial charge in [0.05, 0.1) is 17.3 Å². The molecule has 9 nitrogen and oxygen atoms in total. The van der Waals surface area contributed by atoms with E-state index in [1.54, 1.807) is 31.7 Å². The van der Waals surface area contributed by atoms with Crippen LogP contribution in [0.5, 0.6) is 0 Å². The van der Waals surface area contributed by atoms with Crippen LogP contribution in [0.4, 0.5) is 17.1 Å². The maximum absolute atomic E-state index is 12.9. The molecule has 3 N–H and O–H groups in total. The van der Waals surface area contributed by atoms with E-state index in [0.717, 1.165) is 31.1 Å². The minimum absolute atomic E-state index is 0.114. The standard InChI is InChI=1S/C26H29ClN6O3/c1-15(26(35)32-16-4-7-18(36-3)8-5-16)30-22-13-24(34)33(2)23-9-6-17(12-19(22)23)31-21-10-11-29-25(27)20(21)14-28/h6,9-13,15-16,18,30H,4-5,7-8H2,1-3H3,(H,29,31)(H,32,35)/t15-,16?,18?/m1/s1. The Bertz CT molecular complexity index is 1370. The molecule has 2 aromatic heterocycles. The molecule has 4 rings (SSSR count). The summed E-state index contributed by atoms with van der Waals surface area (Å²) in [5.41, 5.74) is 2.51. The van der Waals surface area contributed by atoms with Crippen molar-refractivity contribution in [2.24, 2.45) is 7.05 Å². The Kier molecular flexibility index (Phi) is 7.77. The summed E-state index contributed by atoms with van der Waals surface area (Å²) in [5, 5.41) is 19.9. The average Bonchev–Trinajstić information content (AvgIpc) is 2.87. The molecule has 3 aromatic rings. The van der Waals surface area contributed by atoms with Crippen molar-refractivity contribution >= 4 is 45.5 Å². The number of methoxy groups -OCH3 is 1. The first kappa shape index (κ1) is 25.5. The molecule has 2 heterocycles. The van der Waals surface area contributed by atoms with E-state index < -0.39 is 6.04 Å². The highest BCUT2D eigenvalue weighted by Crippen LogP contribution is 2.29. The van der Waals surface area contributed by atoms with Gasteiger partial charge in [0.25, 0.3) is 5.56 Å². The van der Waals surface area contributed by atoms with Crippen LogP contribution in [0.1, 0.15) is 38.2 Å². The molecule has 0 saturated heterocycles. The fourth-order valence-electron chi connectivity index (χ4n) is 4.53. The van der Waals surface area contributed by atoms with Crippen LogP contribution >= 0.6 is 11.6 Å². The third-order valence-corrected chi connectivity index (χ3v) is 6.95. The van der Waals surface area contributed by atoms with Crippen molar-refractivity contribution in [2.75, 3.05) is 17.7 Å². The lowest BCUT2D eigenvalue weighted by molar-refractivity contribution is -0.122. The third kappa shape index (κ3) is 5.45. The van der Waals surface area contributed by atoms with E-state index in [-0.39, 0.29) is 34.3 Å². The topological polar surface area (TPSA) is 121 Å². The van der Waals surface area contributed by atoms with E-state index >= 15 is 0 Å². The van der Waals surface area contributed by atoms with Gasteiger partial charge in [-0.15, -0.1) is 0 Å². The summed E-state index contributed by atoms with van der Waals surface area (Å²) in [6, 6.07) is 10.3. The van der Waals surface area contributed by atoms with Gasteiger partial charge in [-0.2, -0.15) is 5.26 Å². The predicted octanol–water partition coefficient (Wildman–Crippen LogP) is 4.08. The molecular weight excluding hydrogens is 480 g/mol. The quantitative estimate of drug-likeness (QED) is 0.411. The lowest BCUT2D eigenvalue weighted by Crippen LogP contribution is -2.45. The number of carbonyl (C=O) groups excluding carboxylic acids is 1.